The van der Waals surface area contributed by atoms with Crippen molar-refractivity contribution < 1.29 is 18.7 Å². The van der Waals surface area contributed by atoms with Gasteiger partial charge in [0.1, 0.15) is 5.69 Å². The smallest absolute Gasteiger partial charge is 0.256 e. The molecule has 3 aromatic heterocycles. The van der Waals surface area contributed by atoms with E-state index >= 15 is 0 Å². The number of fused-ring (bicyclic) bond motifs is 1. The molecule has 0 aliphatic rings. The molecule has 1 amide bonds. The van der Waals surface area contributed by atoms with E-state index in [9.17, 15) is 4.79 Å². The lowest BCUT2D eigenvalue weighted by atomic mass is 10.1. The van der Waals surface area contributed by atoms with Crippen molar-refractivity contribution in [3.8, 4) is 23.0 Å². The number of hydrogen-bond donors (Lipinski definition) is 1. The molecule has 4 aromatic rings. The molecule has 0 saturated heterocycles. The molecule has 0 saturated carbocycles. The van der Waals surface area contributed by atoms with Crippen LogP contribution in [-0.4, -0.2) is 34.9 Å². The highest BCUT2D eigenvalue weighted by atomic mass is 16.5. The normalized spacial score (nSPS) is 11.2. The highest BCUT2D eigenvalue weighted by molar-refractivity contribution is 6.12. The van der Waals surface area contributed by atoms with Crippen molar-refractivity contribution in [1.82, 2.24) is 14.8 Å². The summed E-state index contributed by atoms with van der Waals surface area (Å²) in [5, 5.41) is 8.09. The first kappa shape index (κ1) is 20.5. The maximum absolute atomic E-state index is 13.4. The summed E-state index contributed by atoms with van der Waals surface area (Å²) in [4.78, 5) is 18.1. The van der Waals surface area contributed by atoms with Gasteiger partial charge in [-0.25, -0.2) is 9.67 Å². The topological polar surface area (TPSA) is 91.4 Å². The third kappa shape index (κ3) is 3.72. The molecule has 0 aliphatic carbocycles. The molecule has 8 heteroatoms. The fraction of sp³-hybridized carbons (Fsp3) is 0.261. The zero-order chi connectivity index (χ0) is 22.1. The van der Waals surface area contributed by atoms with Crippen molar-refractivity contribution in [2.24, 2.45) is 0 Å². The van der Waals surface area contributed by atoms with Gasteiger partial charge in [0, 0.05) is 17.8 Å². The summed E-state index contributed by atoms with van der Waals surface area (Å²) in [5.41, 5.74) is 3.12. The Morgan fingerprint density at radius 3 is 2.55 bits per heavy atom. The third-order valence-electron chi connectivity index (χ3n) is 5.05. The van der Waals surface area contributed by atoms with Gasteiger partial charge in [-0.2, -0.15) is 5.10 Å². The lowest BCUT2D eigenvalue weighted by molar-refractivity contribution is 0.102. The monoisotopic (exact) mass is 420 g/mol. The first-order valence-corrected chi connectivity index (χ1v) is 9.89. The predicted octanol–water partition coefficient (Wildman–Crippen LogP) is 4.85. The lowest BCUT2D eigenvalue weighted by Gasteiger charge is -2.14. The van der Waals surface area contributed by atoms with E-state index in [1.54, 1.807) is 49.6 Å². The number of amides is 1. The highest BCUT2D eigenvalue weighted by Gasteiger charge is 2.20. The zero-order valence-electron chi connectivity index (χ0n) is 18.1. The fourth-order valence-corrected chi connectivity index (χ4v) is 3.44. The zero-order valence-corrected chi connectivity index (χ0v) is 18.1. The highest BCUT2D eigenvalue weighted by Crippen LogP contribution is 2.34. The molecule has 160 valence electrons. The number of carbonyl (C=O) groups excluding carboxylic acids is 1. The van der Waals surface area contributed by atoms with Crippen LogP contribution < -0.4 is 14.8 Å². The van der Waals surface area contributed by atoms with Gasteiger partial charge in [-0.05, 0) is 50.6 Å². The van der Waals surface area contributed by atoms with E-state index in [1.165, 1.54) is 0 Å². The lowest BCUT2D eigenvalue weighted by Crippen LogP contribution is -2.14. The maximum Gasteiger partial charge on any atom is 0.256 e. The van der Waals surface area contributed by atoms with E-state index in [-0.39, 0.29) is 11.9 Å². The van der Waals surface area contributed by atoms with Gasteiger partial charge in [0.05, 0.1) is 37.6 Å². The number of anilines is 1. The molecular weight excluding hydrogens is 396 g/mol. The number of benzene rings is 1. The first-order chi connectivity index (χ1) is 14.9. The van der Waals surface area contributed by atoms with E-state index < -0.39 is 0 Å². The van der Waals surface area contributed by atoms with Crippen LogP contribution in [0.5, 0.6) is 11.5 Å². The molecule has 0 fully saturated rings. The van der Waals surface area contributed by atoms with E-state index in [2.05, 4.69) is 10.4 Å². The molecule has 1 N–H and O–H groups in total. The third-order valence-corrected chi connectivity index (χ3v) is 5.05. The number of carbonyl (C=O) groups is 1. The summed E-state index contributed by atoms with van der Waals surface area (Å²) < 4.78 is 18.0. The van der Waals surface area contributed by atoms with Crippen LogP contribution in [0.3, 0.4) is 0 Å². The Kier molecular flexibility index (Phi) is 5.37. The van der Waals surface area contributed by atoms with Crippen LogP contribution >= 0.6 is 0 Å². The molecule has 3 heterocycles. The van der Waals surface area contributed by atoms with Crippen LogP contribution in [0.4, 0.5) is 5.69 Å². The molecule has 31 heavy (non-hydrogen) atoms. The van der Waals surface area contributed by atoms with Gasteiger partial charge in [0.15, 0.2) is 22.9 Å². The summed E-state index contributed by atoms with van der Waals surface area (Å²) in [5.74, 6) is 1.43. The molecule has 0 unspecified atom stereocenters. The van der Waals surface area contributed by atoms with Crippen molar-refractivity contribution in [1.29, 1.82) is 0 Å². The average molecular weight is 420 g/mol. The van der Waals surface area contributed by atoms with Crippen molar-refractivity contribution in [3.63, 3.8) is 0 Å². The molecule has 0 bridgehead atoms. The Morgan fingerprint density at radius 2 is 1.90 bits per heavy atom. The van der Waals surface area contributed by atoms with Crippen LogP contribution in [0, 0.1) is 6.92 Å². The van der Waals surface area contributed by atoms with Crippen molar-refractivity contribution in [2.75, 3.05) is 19.5 Å². The number of rotatable bonds is 6. The van der Waals surface area contributed by atoms with Gasteiger partial charge < -0.3 is 19.2 Å². The minimum absolute atomic E-state index is 0.0841. The minimum Gasteiger partial charge on any atom is -0.493 e. The molecule has 0 radical (unpaired) electrons. The van der Waals surface area contributed by atoms with Crippen LogP contribution in [0.15, 0.2) is 47.2 Å². The summed E-state index contributed by atoms with van der Waals surface area (Å²) in [6, 6.07) is 8.97. The number of nitrogens with one attached hydrogen (secondary N) is 1. The van der Waals surface area contributed by atoms with Crippen molar-refractivity contribution >= 4 is 22.6 Å². The molecule has 1 aromatic carbocycles. The molecule has 0 aliphatic heterocycles. The van der Waals surface area contributed by atoms with E-state index in [0.717, 1.165) is 5.56 Å². The minimum atomic E-state index is -0.279. The van der Waals surface area contributed by atoms with Gasteiger partial charge in [-0.3, -0.25) is 4.79 Å². The molecule has 0 atom stereocenters. The number of aromatic nitrogens is 3. The number of methoxy groups -OCH3 is 2. The fourth-order valence-electron chi connectivity index (χ4n) is 3.44. The van der Waals surface area contributed by atoms with E-state index in [4.69, 9.17) is 18.9 Å². The molecular formula is C23H24N4O4. The number of aryl methyl sites for hydroxylation is 1. The second kappa shape index (κ2) is 8.14. The van der Waals surface area contributed by atoms with Gasteiger partial charge in [0.25, 0.3) is 5.91 Å². The maximum atomic E-state index is 13.4. The second-order valence-electron chi connectivity index (χ2n) is 7.43. The van der Waals surface area contributed by atoms with Gasteiger partial charge in [0.2, 0.25) is 0 Å². The SMILES string of the molecule is COc1cc(C)c(NC(=O)c2cc(-c3ccco3)nc3c2cnn3C(C)C)cc1OC. The van der Waals surface area contributed by atoms with Crippen LogP contribution in [0.25, 0.3) is 22.5 Å². The molecule has 8 nitrogen and oxygen atoms in total. The summed E-state index contributed by atoms with van der Waals surface area (Å²) in [6.45, 7) is 5.92. The van der Waals surface area contributed by atoms with Gasteiger partial charge >= 0.3 is 0 Å². The largest absolute Gasteiger partial charge is 0.493 e. The summed E-state index contributed by atoms with van der Waals surface area (Å²) in [6.07, 6.45) is 3.25. The van der Waals surface area contributed by atoms with Gasteiger partial charge in [-0.15, -0.1) is 0 Å². The number of furan rings is 1. The van der Waals surface area contributed by atoms with E-state index in [0.29, 0.717) is 45.2 Å². The van der Waals surface area contributed by atoms with Crippen LogP contribution in [0.1, 0.15) is 35.8 Å². The number of pyridine rings is 1. The standard InChI is InChI=1S/C23H24N4O4/c1-13(2)27-22-16(12-24-27)15(10-18(25-22)19-7-6-8-31-19)23(28)26-17-11-21(30-5)20(29-4)9-14(17)3/h6-13H,1-5H3,(H,26,28). The number of ether oxygens (including phenoxy) is 2. The van der Waals surface area contributed by atoms with E-state index in [1.807, 2.05) is 32.9 Å². The van der Waals surface area contributed by atoms with Crippen molar-refractivity contribution in [3.05, 3.63) is 53.9 Å². The summed E-state index contributed by atoms with van der Waals surface area (Å²) in [7, 11) is 3.13. The predicted molar refractivity (Wildman–Crippen MR) is 118 cm³/mol. The van der Waals surface area contributed by atoms with Gasteiger partial charge in [-0.1, -0.05) is 0 Å². The Bertz CT molecular complexity index is 1240. The Hall–Kier alpha value is -3.81. The summed E-state index contributed by atoms with van der Waals surface area (Å²) >= 11 is 0. The Balaban J connectivity index is 1.81. The first-order valence-electron chi connectivity index (χ1n) is 9.89. The quantitative estimate of drug-likeness (QED) is 0.479. The Morgan fingerprint density at radius 1 is 1.16 bits per heavy atom. The molecule has 0 spiro atoms. The van der Waals surface area contributed by atoms with Crippen LogP contribution in [-0.2, 0) is 0 Å². The molecule has 4 rings (SSSR count). The Labute approximate surface area is 179 Å². The average Bonchev–Trinajstić information content (AvgIpc) is 3.43. The second-order valence-corrected chi connectivity index (χ2v) is 7.43. The number of nitrogens with zero attached hydrogens (tertiary/aromatic N) is 3. The number of hydrogen-bond acceptors (Lipinski definition) is 6. The van der Waals surface area contributed by atoms with Crippen LogP contribution in [0.2, 0.25) is 0 Å². The van der Waals surface area contributed by atoms with Crippen molar-refractivity contribution in [2.45, 2.75) is 26.8 Å².